The molecule has 0 atom stereocenters. The normalized spacial score (nSPS) is 10.3. The second-order valence-electron chi connectivity index (χ2n) is 3.90. The minimum Gasteiger partial charge on any atom is -0.421 e. The zero-order valence-corrected chi connectivity index (χ0v) is 9.19. The average molecular weight is 200 g/mol. The molecule has 2 aromatic rings. The smallest absolute Gasteiger partial charge is 0.247 e. The number of rotatable bonds is 2. The van der Waals surface area contributed by atoms with E-state index in [4.69, 9.17) is 4.42 Å². The van der Waals surface area contributed by atoms with E-state index in [0.717, 1.165) is 5.56 Å². The summed E-state index contributed by atoms with van der Waals surface area (Å²) in [4.78, 5) is 0. The third-order valence-corrected chi connectivity index (χ3v) is 2.35. The van der Waals surface area contributed by atoms with Crippen molar-refractivity contribution in [1.29, 1.82) is 0 Å². The van der Waals surface area contributed by atoms with Gasteiger partial charge in [0, 0.05) is 12.5 Å². The van der Waals surface area contributed by atoms with Crippen molar-refractivity contribution < 1.29 is 4.42 Å². The van der Waals surface area contributed by atoms with Gasteiger partial charge in [-0.3, -0.25) is 0 Å². The summed E-state index contributed by atoms with van der Waals surface area (Å²) in [7, 11) is 0. The number of hydrogen-bond donors (Lipinski definition) is 0. The van der Waals surface area contributed by atoms with Crippen LogP contribution in [0.4, 0.5) is 0 Å². The van der Waals surface area contributed by atoms with Gasteiger partial charge in [-0.1, -0.05) is 43.4 Å². The number of hydrogen-bond acceptors (Lipinski definition) is 3. The molecule has 0 unspecified atom stereocenters. The fourth-order valence-corrected chi connectivity index (χ4v) is 1.42. The molecule has 0 radical (unpaired) electrons. The first-order valence-corrected chi connectivity index (χ1v) is 5.07. The Kier molecular flexibility index (Phi) is 2.58. The molecule has 0 saturated heterocycles. The van der Waals surface area contributed by atoms with E-state index in [1.165, 1.54) is 5.46 Å². The van der Waals surface area contributed by atoms with Crippen LogP contribution in [0.1, 0.15) is 5.89 Å². The van der Waals surface area contributed by atoms with Gasteiger partial charge in [0.15, 0.2) is 6.71 Å². The van der Waals surface area contributed by atoms with Gasteiger partial charge in [-0.2, -0.15) is 0 Å². The van der Waals surface area contributed by atoms with Crippen LogP contribution in [-0.2, 0) is 0 Å². The molecule has 0 aliphatic rings. The number of nitrogens with zero attached hydrogens (tertiary/aromatic N) is 2. The zero-order valence-electron chi connectivity index (χ0n) is 9.19. The third-order valence-electron chi connectivity index (χ3n) is 2.35. The molecule has 1 heterocycles. The molecule has 1 aromatic carbocycles. The summed E-state index contributed by atoms with van der Waals surface area (Å²) in [5.41, 5.74) is 2.29. The summed E-state index contributed by atoms with van der Waals surface area (Å²) < 4.78 is 5.35. The Hall–Kier alpha value is -1.58. The Bertz CT molecular complexity index is 448. The van der Waals surface area contributed by atoms with Crippen molar-refractivity contribution in [2.45, 2.75) is 20.6 Å². The fraction of sp³-hybridized carbons (Fsp3) is 0.273. The van der Waals surface area contributed by atoms with Gasteiger partial charge in [0.05, 0.1) is 0 Å². The van der Waals surface area contributed by atoms with Crippen molar-refractivity contribution in [3.05, 3.63) is 30.2 Å². The Morgan fingerprint density at radius 3 is 2.20 bits per heavy atom. The highest BCUT2D eigenvalue weighted by molar-refractivity contribution is 6.70. The van der Waals surface area contributed by atoms with Crippen LogP contribution in [0.3, 0.4) is 0 Å². The first-order valence-electron chi connectivity index (χ1n) is 5.07. The molecule has 0 fully saturated rings. The Morgan fingerprint density at radius 2 is 1.73 bits per heavy atom. The summed E-state index contributed by atoms with van der Waals surface area (Å²) in [5, 5.41) is 7.78. The Balaban J connectivity index is 2.31. The highest BCUT2D eigenvalue weighted by atomic mass is 16.4. The summed E-state index contributed by atoms with van der Waals surface area (Å²) in [6.07, 6.45) is 0. The summed E-state index contributed by atoms with van der Waals surface area (Å²) >= 11 is 0. The molecule has 0 N–H and O–H groups in total. The lowest BCUT2D eigenvalue weighted by molar-refractivity contribution is 0.533. The summed E-state index contributed by atoms with van der Waals surface area (Å²) in [5.74, 6) is 1.18. The van der Waals surface area contributed by atoms with E-state index < -0.39 is 0 Å². The molecule has 2 rings (SSSR count). The van der Waals surface area contributed by atoms with Crippen LogP contribution in [0.25, 0.3) is 11.5 Å². The second-order valence-corrected chi connectivity index (χ2v) is 3.90. The minimum atomic E-state index is 0.545. The largest absolute Gasteiger partial charge is 0.421 e. The molecule has 0 aliphatic heterocycles. The molecule has 76 valence electrons. The SMILES string of the molecule is CB(C)c1ccc(-c2nnc(C)o2)cc1. The first kappa shape index (κ1) is 9.96. The van der Waals surface area contributed by atoms with Gasteiger partial charge in [-0.25, -0.2) is 0 Å². The predicted molar refractivity (Wildman–Crippen MR) is 61.6 cm³/mol. The standard InChI is InChI=1S/C11H13BN2O/c1-8-13-14-11(15-8)9-4-6-10(7-5-9)12(2)3/h4-7H,1-3H3. The maximum absolute atomic E-state index is 5.35. The van der Waals surface area contributed by atoms with Crippen LogP contribution in [0.5, 0.6) is 0 Å². The molecule has 1 aromatic heterocycles. The number of aryl methyl sites for hydroxylation is 1. The molecular weight excluding hydrogens is 187 g/mol. The van der Waals surface area contributed by atoms with Crippen molar-refractivity contribution in [3.63, 3.8) is 0 Å². The van der Waals surface area contributed by atoms with Gasteiger partial charge >= 0.3 is 0 Å². The van der Waals surface area contributed by atoms with Crippen LogP contribution < -0.4 is 5.46 Å². The van der Waals surface area contributed by atoms with Crippen molar-refractivity contribution >= 4 is 12.2 Å². The van der Waals surface area contributed by atoms with Crippen LogP contribution in [-0.4, -0.2) is 16.9 Å². The van der Waals surface area contributed by atoms with Gasteiger partial charge in [0.25, 0.3) is 0 Å². The highest BCUT2D eigenvalue weighted by Crippen LogP contribution is 2.15. The summed E-state index contributed by atoms with van der Waals surface area (Å²) in [6, 6.07) is 8.23. The molecular formula is C11H13BN2O. The van der Waals surface area contributed by atoms with Crippen LogP contribution in [0.2, 0.25) is 13.6 Å². The molecule has 0 aliphatic carbocycles. The van der Waals surface area contributed by atoms with Crippen LogP contribution in [0, 0.1) is 6.92 Å². The molecule has 0 bridgehead atoms. The number of aromatic nitrogens is 2. The van der Waals surface area contributed by atoms with Crippen LogP contribution >= 0.6 is 0 Å². The van der Waals surface area contributed by atoms with Crippen molar-refractivity contribution in [2.75, 3.05) is 0 Å². The van der Waals surface area contributed by atoms with Gasteiger partial charge in [0.2, 0.25) is 11.8 Å². The van der Waals surface area contributed by atoms with Gasteiger partial charge in [0.1, 0.15) is 0 Å². The van der Waals surface area contributed by atoms with E-state index in [9.17, 15) is 0 Å². The monoisotopic (exact) mass is 200 g/mol. The highest BCUT2D eigenvalue weighted by Gasteiger charge is 2.07. The number of benzene rings is 1. The Labute approximate surface area is 89.6 Å². The van der Waals surface area contributed by atoms with Gasteiger partial charge < -0.3 is 4.42 Å². The zero-order chi connectivity index (χ0) is 10.8. The molecule has 0 saturated carbocycles. The second kappa shape index (κ2) is 3.89. The lowest BCUT2D eigenvalue weighted by Crippen LogP contribution is -2.21. The molecule has 0 spiro atoms. The van der Waals surface area contributed by atoms with Gasteiger partial charge in [-0.05, 0) is 0 Å². The van der Waals surface area contributed by atoms with E-state index in [2.05, 4.69) is 36.0 Å². The van der Waals surface area contributed by atoms with Crippen molar-refractivity contribution in [2.24, 2.45) is 0 Å². The van der Waals surface area contributed by atoms with E-state index in [-0.39, 0.29) is 0 Å². The predicted octanol–water partition coefficient (Wildman–Crippen LogP) is 2.01. The maximum Gasteiger partial charge on any atom is 0.247 e. The first-order chi connectivity index (χ1) is 7.16. The van der Waals surface area contributed by atoms with Crippen molar-refractivity contribution in [3.8, 4) is 11.5 Å². The lowest BCUT2D eigenvalue weighted by Gasteiger charge is -2.01. The third kappa shape index (κ3) is 2.09. The molecule has 3 nitrogen and oxygen atoms in total. The topological polar surface area (TPSA) is 38.9 Å². The summed E-state index contributed by atoms with van der Waals surface area (Å²) in [6.45, 7) is 6.68. The van der Waals surface area contributed by atoms with Gasteiger partial charge in [-0.15, -0.1) is 10.2 Å². The van der Waals surface area contributed by atoms with E-state index in [0.29, 0.717) is 18.5 Å². The lowest BCUT2D eigenvalue weighted by atomic mass is 9.49. The van der Waals surface area contributed by atoms with E-state index in [1.807, 2.05) is 12.1 Å². The molecule has 0 amide bonds. The van der Waals surface area contributed by atoms with E-state index >= 15 is 0 Å². The van der Waals surface area contributed by atoms with Crippen LogP contribution in [0.15, 0.2) is 28.7 Å². The van der Waals surface area contributed by atoms with Crippen molar-refractivity contribution in [1.82, 2.24) is 10.2 Å². The average Bonchev–Trinajstić information content (AvgIpc) is 2.65. The van der Waals surface area contributed by atoms with E-state index in [1.54, 1.807) is 6.92 Å². The molecule has 4 heteroatoms. The maximum atomic E-state index is 5.35. The minimum absolute atomic E-state index is 0.545. The Morgan fingerprint density at radius 1 is 1.07 bits per heavy atom. The fourth-order valence-electron chi connectivity index (χ4n) is 1.42. The molecule has 15 heavy (non-hydrogen) atoms. The quantitative estimate of drug-likeness (QED) is 0.696.